The van der Waals surface area contributed by atoms with Gasteiger partial charge in [-0.1, -0.05) is 6.92 Å². The number of rotatable bonds is 4. The first-order chi connectivity index (χ1) is 14.9. The number of aromatic nitrogens is 1. The molecule has 170 valence electrons. The molecule has 7 nitrogen and oxygen atoms in total. The number of thiophene rings is 1. The number of primary sulfonamides is 1. The molecule has 3 N–H and O–H groups in total. The molecule has 1 amide bonds. The number of carbonyl (C=O) groups excluding carboxylic acids is 1. The van der Waals surface area contributed by atoms with Crippen LogP contribution in [-0.2, 0) is 10.0 Å². The summed E-state index contributed by atoms with van der Waals surface area (Å²) in [6.45, 7) is 1.41. The van der Waals surface area contributed by atoms with Crippen LogP contribution in [0.5, 0.6) is 0 Å². The molecule has 3 heterocycles. The maximum atomic E-state index is 14.0. The molecule has 1 saturated heterocycles. The van der Waals surface area contributed by atoms with Gasteiger partial charge < -0.3 is 10.2 Å². The Hall–Kier alpha value is -2.70. The number of nitrogens with zero attached hydrogens (tertiary/aromatic N) is 2. The monoisotopic (exact) mass is 484 g/mol. The standard InChI is InChI=1S/C20H19F3N4O3S2/c1-11-9-27(5-4-20(11,22)23)18-15(7-12-6-13(21)2-3-16(12)26-18)19(28)25-14-8-17(31-10-14)32(24,29)30/h2-3,6-8,10-11H,4-5,9H2,1H3,(H,25,28)(H2,24,29,30). The molecule has 3 aromatic rings. The van der Waals surface area contributed by atoms with Gasteiger partial charge in [0.1, 0.15) is 15.8 Å². The summed E-state index contributed by atoms with van der Waals surface area (Å²) in [5.41, 5.74) is 0.673. The van der Waals surface area contributed by atoms with Crippen LogP contribution >= 0.6 is 11.3 Å². The minimum Gasteiger partial charge on any atom is -0.355 e. The van der Waals surface area contributed by atoms with Gasteiger partial charge in [-0.25, -0.2) is 31.7 Å². The number of amides is 1. The number of fused-ring (bicyclic) bond motifs is 1. The Morgan fingerprint density at radius 2 is 2.06 bits per heavy atom. The summed E-state index contributed by atoms with van der Waals surface area (Å²) in [6, 6.07) is 6.57. The fourth-order valence-electron chi connectivity index (χ4n) is 3.55. The van der Waals surface area contributed by atoms with Crippen LogP contribution in [0.15, 0.2) is 39.9 Å². The normalized spacial score (nSPS) is 18.7. The van der Waals surface area contributed by atoms with Gasteiger partial charge in [0.25, 0.3) is 11.8 Å². The molecule has 12 heteroatoms. The van der Waals surface area contributed by atoms with Gasteiger partial charge in [-0.05, 0) is 30.3 Å². The molecule has 1 unspecified atom stereocenters. The first-order valence-corrected chi connectivity index (χ1v) is 12.0. The lowest BCUT2D eigenvalue weighted by atomic mass is 9.95. The zero-order valence-corrected chi connectivity index (χ0v) is 18.4. The molecule has 0 saturated carbocycles. The minimum absolute atomic E-state index is 0.00859. The summed E-state index contributed by atoms with van der Waals surface area (Å²) in [6.07, 6.45) is -0.388. The van der Waals surface area contributed by atoms with Gasteiger partial charge in [0.05, 0.1) is 16.8 Å². The number of nitrogens with one attached hydrogen (secondary N) is 1. The molecule has 1 aliphatic heterocycles. The number of pyridine rings is 1. The average Bonchev–Trinajstić information content (AvgIpc) is 3.18. The van der Waals surface area contributed by atoms with Crippen LogP contribution < -0.4 is 15.4 Å². The molecule has 0 spiro atoms. The van der Waals surface area contributed by atoms with Crippen LogP contribution in [-0.4, -0.2) is 38.3 Å². The van der Waals surface area contributed by atoms with Gasteiger partial charge >= 0.3 is 0 Å². The summed E-state index contributed by atoms with van der Waals surface area (Å²) in [7, 11) is -3.92. The maximum Gasteiger partial charge on any atom is 0.259 e. The summed E-state index contributed by atoms with van der Waals surface area (Å²) < 4.78 is 64.6. The van der Waals surface area contributed by atoms with Crippen molar-refractivity contribution in [3.8, 4) is 0 Å². The van der Waals surface area contributed by atoms with Crippen LogP contribution in [0.25, 0.3) is 10.9 Å². The Kier molecular flexibility index (Phi) is 5.63. The first kappa shape index (κ1) is 22.5. The molecule has 1 aromatic carbocycles. The summed E-state index contributed by atoms with van der Waals surface area (Å²) in [5, 5.41) is 9.46. The molecule has 32 heavy (non-hydrogen) atoms. The number of sulfonamides is 1. The Labute approximate surface area is 186 Å². The molecule has 0 radical (unpaired) electrons. The third-order valence-corrected chi connectivity index (χ3v) is 7.73. The van der Waals surface area contributed by atoms with Gasteiger partial charge in [-0.3, -0.25) is 4.79 Å². The summed E-state index contributed by atoms with van der Waals surface area (Å²) in [4.78, 5) is 19.2. The smallest absolute Gasteiger partial charge is 0.259 e. The lowest BCUT2D eigenvalue weighted by Gasteiger charge is -2.38. The van der Waals surface area contributed by atoms with Crippen molar-refractivity contribution in [3.05, 3.63) is 47.1 Å². The predicted octanol–water partition coefficient (Wildman–Crippen LogP) is 3.82. The number of carbonyl (C=O) groups is 1. The lowest BCUT2D eigenvalue weighted by molar-refractivity contribution is -0.0652. The van der Waals surface area contributed by atoms with E-state index in [1.165, 1.54) is 42.6 Å². The van der Waals surface area contributed by atoms with E-state index in [4.69, 9.17) is 5.14 Å². The number of hydrogen-bond acceptors (Lipinski definition) is 6. The van der Waals surface area contributed by atoms with Crippen molar-refractivity contribution in [1.29, 1.82) is 0 Å². The fourth-order valence-corrected chi connectivity index (χ4v) is 5.09. The Morgan fingerprint density at radius 3 is 2.72 bits per heavy atom. The largest absolute Gasteiger partial charge is 0.355 e. The van der Waals surface area contributed by atoms with E-state index in [2.05, 4.69) is 10.3 Å². The Morgan fingerprint density at radius 1 is 1.31 bits per heavy atom. The highest BCUT2D eigenvalue weighted by molar-refractivity contribution is 7.91. The predicted molar refractivity (Wildman–Crippen MR) is 116 cm³/mol. The summed E-state index contributed by atoms with van der Waals surface area (Å²) in [5.74, 6) is -4.72. The van der Waals surface area contributed by atoms with Crippen molar-refractivity contribution in [2.75, 3.05) is 23.3 Å². The van der Waals surface area contributed by atoms with Crippen LogP contribution in [0.1, 0.15) is 23.7 Å². The van der Waals surface area contributed by atoms with Crippen molar-refractivity contribution in [1.82, 2.24) is 4.98 Å². The van der Waals surface area contributed by atoms with Gasteiger partial charge in [0.15, 0.2) is 0 Å². The minimum atomic E-state index is -3.92. The van der Waals surface area contributed by atoms with E-state index in [1.54, 1.807) is 4.90 Å². The number of nitrogens with two attached hydrogens (primary N) is 1. The van der Waals surface area contributed by atoms with E-state index in [9.17, 15) is 26.4 Å². The number of hydrogen-bond donors (Lipinski definition) is 2. The Bertz CT molecular complexity index is 1310. The van der Waals surface area contributed by atoms with Crippen molar-refractivity contribution < 1.29 is 26.4 Å². The maximum absolute atomic E-state index is 14.0. The highest BCUT2D eigenvalue weighted by Gasteiger charge is 2.42. The van der Waals surface area contributed by atoms with Crippen molar-refractivity contribution in [3.63, 3.8) is 0 Å². The first-order valence-electron chi connectivity index (χ1n) is 9.60. The number of benzene rings is 1. The second kappa shape index (κ2) is 8.01. The molecular weight excluding hydrogens is 465 g/mol. The third-order valence-electron chi connectivity index (χ3n) is 5.34. The van der Waals surface area contributed by atoms with Gasteiger partial charge in [0, 0.05) is 36.2 Å². The molecular formula is C20H19F3N4O3S2. The molecule has 1 aliphatic rings. The molecule has 1 fully saturated rings. The number of anilines is 2. The highest BCUT2D eigenvalue weighted by Crippen LogP contribution is 2.36. The number of halogens is 3. The van der Waals surface area contributed by atoms with E-state index in [0.717, 1.165) is 11.3 Å². The van der Waals surface area contributed by atoms with Crippen LogP contribution in [0, 0.1) is 11.7 Å². The van der Waals surface area contributed by atoms with Crippen LogP contribution in [0.2, 0.25) is 0 Å². The Balaban J connectivity index is 1.73. The van der Waals surface area contributed by atoms with Gasteiger partial charge in [0.2, 0.25) is 10.0 Å². The molecule has 1 atom stereocenters. The third kappa shape index (κ3) is 4.43. The van der Waals surface area contributed by atoms with E-state index in [1.807, 2.05) is 0 Å². The van der Waals surface area contributed by atoms with Crippen molar-refractivity contribution >= 4 is 49.7 Å². The van der Waals surface area contributed by atoms with Gasteiger partial charge in [-0.15, -0.1) is 11.3 Å². The zero-order valence-electron chi connectivity index (χ0n) is 16.8. The van der Waals surface area contributed by atoms with E-state index < -0.39 is 33.6 Å². The van der Waals surface area contributed by atoms with Crippen LogP contribution in [0.3, 0.4) is 0 Å². The second-order valence-corrected chi connectivity index (χ2v) is 10.4. The number of alkyl halides is 2. The van der Waals surface area contributed by atoms with E-state index >= 15 is 0 Å². The fraction of sp³-hybridized carbons (Fsp3) is 0.300. The molecule has 4 rings (SSSR count). The lowest BCUT2D eigenvalue weighted by Crippen LogP contribution is -2.46. The summed E-state index contributed by atoms with van der Waals surface area (Å²) >= 11 is 0.844. The second-order valence-electron chi connectivity index (χ2n) is 7.71. The van der Waals surface area contributed by atoms with E-state index in [-0.39, 0.29) is 40.8 Å². The molecule has 2 aromatic heterocycles. The highest BCUT2D eigenvalue weighted by atomic mass is 32.2. The molecule has 0 bridgehead atoms. The van der Waals surface area contributed by atoms with Crippen LogP contribution in [0.4, 0.5) is 24.7 Å². The SMILES string of the molecule is CC1CN(c2nc3ccc(F)cc3cc2C(=O)Nc2csc(S(N)(=O)=O)c2)CCC1(F)F. The van der Waals surface area contributed by atoms with E-state index in [0.29, 0.717) is 10.9 Å². The zero-order chi connectivity index (χ0) is 23.3. The number of piperidine rings is 1. The van der Waals surface area contributed by atoms with Gasteiger partial charge in [-0.2, -0.15) is 0 Å². The van der Waals surface area contributed by atoms with Crippen molar-refractivity contribution in [2.45, 2.75) is 23.5 Å². The quantitative estimate of drug-likeness (QED) is 0.586. The topological polar surface area (TPSA) is 105 Å². The average molecular weight is 485 g/mol. The molecule has 0 aliphatic carbocycles. The van der Waals surface area contributed by atoms with Crippen molar-refractivity contribution in [2.24, 2.45) is 11.1 Å².